The summed E-state index contributed by atoms with van der Waals surface area (Å²) in [5.41, 5.74) is 11.3. The van der Waals surface area contributed by atoms with E-state index in [0.717, 1.165) is 29.9 Å². The summed E-state index contributed by atoms with van der Waals surface area (Å²) in [5.74, 6) is -0.231. The minimum absolute atomic E-state index is 0.151. The quantitative estimate of drug-likeness (QED) is 0.219. The van der Waals surface area contributed by atoms with E-state index in [1.807, 2.05) is 18.2 Å². The first kappa shape index (κ1) is 24.1. The van der Waals surface area contributed by atoms with Crippen molar-refractivity contribution in [3.05, 3.63) is 143 Å². The Morgan fingerprint density at radius 1 is 0.659 bits per heavy atom. The van der Waals surface area contributed by atoms with Crippen LogP contribution in [0.1, 0.15) is 42.5 Å². The van der Waals surface area contributed by atoms with Gasteiger partial charge in [0.2, 0.25) is 0 Å². The highest BCUT2D eigenvalue weighted by molar-refractivity contribution is 6.08. The fourth-order valence-electron chi connectivity index (χ4n) is 7.41. The van der Waals surface area contributed by atoms with E-state index in [0.29, 0.717) is 0 Å². The first-order chi connectivity index (χ1) is 20.0. The van der Waals surface area contributed by atoms with Gasteiger partial charge in [0.25, 0.3) is 0 Å². The number of halogens is 1. The van der Waals surface area contributed by atoms with Crippen LogP contribution in [0.3, 0.4) is 0 Å². The summed E-state index contributed by atoms with van der Waals surface area (Å²) in [4.78, 5) is 2.23. The van der Waals surface area contributed by atoms with Crippen molar-refractivity contribution in [1.82, 2.24) is 0 Å². The maximum atomic E-state index is 13.9. The molecule has 2 heteroatoms. The molecule has 8 rings (SSSR count). The lowest BCUT2D eigenvalue weighted by atomic mass is 9.76. The van der Waals surface area contributed by atoms with Crippen molar-refractivity contribution in [3.8, 4) is 11.1 Å². The van der Waals surface area contributed by atoms with Crippen LogP contribution in [0, 0.1) is 5.82 Å². The molecule has 0 heterocycles. The van der Waals surface area contributed by atoms with Gasteiger partial charge in [-0.2, -0.15) is 0 Å². The molecule has 0 aromatic heterocycles. The summed E-state index contributed by atoms with van der Waals surface area (Å²) in [6, 6.07) is 37.5. The molecule has 2 aliphatic carbocycles. The molecular weight excluding hydrogens is 501 g/mol. The molecule has 0 fully saturated rings. The molecule has 6 aromatic carbocycles. The fourth-order valence-corrected chi connectivity index (χ4v) is 7.41. The predicted molar refractivity (Wildman–Crippen MR) is 171 cm³/mol. The molecule has 0 spiro atoms. The highest BCUT2D eigenvalue weighted by atomic mass is 19.1. The number of hydrogen-bond donors (Lipinski definition) is 0. The number of para-hydroxylation sites is 1. The van der Waals surface area contributed by atoms with Gasteiger partial charge in [-0.25, -0.2) is 4.39 Å². The standard InChI is InChI=1S/C39H30FN/c1-39(2)37-30-13-7-6-10-25(30)16-22-34(37)36-32-15-9-8-14-31(32)35-24-29(21-23-33(35)38(36)39)41(27-11-4-3-5-12-27)28-19-17-26(40)18-20-28/h3-7,9-13,15-24H,8,14H2,1-2H3. The average molecular weight is 532 g/mol. The Balaban J connectivity index is 1.42. The number of nitrogens with zero attached hydrogens (tertiary/aromatic N) is 1. The fraction of sp³-hybridized carbons (Fsp3) is 0.128. The van der Waals surface area contributed by atoms with E-state index in [1.165, 1.54) is 67.1 Å². The van der Waals surface area contributed by atoms with E-state index in [2.05, 4.69) is 110 Å². The second-order valence-electron chi connectivity index (χ2n) is 11.8. The molecule has 6 aromatic rings. The third-order valence-corrected chi connectivity index (χ3v) is 9.09. The van der Waals surface area contributed by atoms with Gasteiger partial charge in [-0.05, 0) is 116 Å². The normalized spacial score (nSPS) is 14.6. The Morgan fingerprint density at radius 3 is 2.22 bits per heavy atom. The summed E-state index contributed by atoms with van der Waals surface area (Å²) in [6.07, 6.45) is 6.75. The Bertz CT molecular complexity index is 2020. The van der Waals surface area contributed by atoms with E-state index >= 15 is 0 Å². The number of benzene rings is 6. The number of fused-ring (bicyclic) bond motifs is 10. The molecule has 0 N–H and O–H groups in total. The van der Waals surface area contributed by atoms with Crippen LogP contribution in [0.5, 0.6) is 0 Å². The Labute approximate surface area is 240 Å². The number of hydrogen-bond acceptors (Lipinski definition) is 1. The zero-order valence-corrected chi connectivity index (χ0v) is 23.3. The molecule has 0 unspecified atom stereocenters. The highest BCUT2D eigenvalue weighted by Crippen LogP contribution is 2.57. The van der Waals surface area contributed by atoms with Crippen molar-refractivity contribution in [1.29, 1.82) is 0 Å². The number of rotatable bonds is 3. The molecule has 0 radical (unpaired) electrons. The van der Waals surface area contributed by atoms with Crippen molar-refractivity contribution in [3.63, 3.8) is 0 Å². The maximum Gasteiger partial charge on any atom is 0.123 e. The molecule has 0 saturated heterocycles. The SMILES string of the molecule is CC1(C)c2c(ccc3ccccc23)-c2c3c(c4cc(N(c5ccccc5)c5ccc(F)cc5)ccc4c21)CCC=C3. The van der Waals surface area contributed by atoms with Crippen LogP contribution in [-0.2, 0) is 11.8 Å². The van der Waals surface area contributed by atoms with E-state index in [1.54, 1.807) is 0 Å². The average Bonchev–Trinajstić information content (AvgIpc) is 3.26. The largest absolute Gasteiger partial charge is 0.310 e. The lowest BCUT2D eigenvalue weighted by Gasteiger charge is -2.29. The third-order valence-electron chi connectivity index (χ3n) is 9.09. The topological polar surface area (TPSA) is 3.24 Å². The van der Waals surface area contributed by atoms with Gasteiger partial charge in [-0.15, -0.1) is 0 Å². The molecular formula is C39H30FN. The Kier molecular flexibility index (Phi) is 5.24. The maximum absolute atomic E-state index is 13.9. The first-order valence-corrected chi connectivity index (χ1v) is 14.5. The second-order valence-corrected chi connectivity index (χ2v) is 11.8. The van der Waals surface area contributed by atoms with Crippen LogP contribution < -0.4 is 4.90 Å². The summed E-state index contributed by atoms with van der Waals surface area (Å²) in [6.45, 7) is 4.79. The number of aryl methyl sites for hydroxylation is 1. The van der Waals surface area contributed by atoms with Gasteiger partial charge in [-0.1, -0.05) is 86.7 Å². The first-order valence-electron chi connectivity index (χ1n) is 14.5. The van der Waals surface area contributed by atoms with E-state index in [9.17, 15) is 4.39 Å². The summed E-state index contributed by atoms with van der Waals surface area (Å²) in [5, 5.41) is 5.28. The minimum atomic E-state index is -0.231. The predicted octanol–water partition coefficient (Wildman–Crippen LogP) is 10.9. The summed E-state index contributed by atoms with van der Waals surface area (Å²) < 4.78 is 13.9. The number of anilines is 3. The lowest BCUT2D eigenvalue weighted by Crippen LogP contribution is -2.17. The molecule has 2 aliphatic rings. The molecule has 0 atom stereocenters. The lowest BCUT2D eigenvalue weighted by molar-refractivity contribution is 0.628. The van der Waals surface area contributed by atoms with Gasteiger partial charge in [0.1, 0.15) is 5.82 Å². The molecule has 1 nitrogen and oxygen atoms in total. The van der Waals surface area contributed by atoms with E-state index in [-0.39, 0.29) is 11.2 Å². The van der Waals surface area contributed by atoms with Crippen molar-refractivity contribution in [2.45, 2.75) is 32.1 Å². The zero-order chi connectivity index (χ0) is 27.7. The van der Waals surface area contributed by atoms with Gasteiger partial charge in [0.15, 0.2) is 0 Å². The van der Waals surface area contributed by atoms with Crippen molar-refractivity contribution in [2.75, 3.05) is 4.90 Å². The highest BCUT2D eigenvalue weighted by Gasteiger charge is 2.40. The molecule has 0 aliphatic heterocycles. The van der Waals surface area contributed by atoms with Crippen LogP contribution >= 0.6 is 0 Å². The van der Waals surface area contributed by atoms with Crippen LogP contribution in [0.25, 0.3) is 38.7 Å². The monoisotopic (exact) mass is 531 g/mol. The van der Waals surface area contributed by atoms with Crippen molar-refractivity contribution in [2.24, 2.45) is 0 Å². The van der Waals surface area contributed by atoms with E-state index in [4.69, 9.17) is 0 Å². The molecule has 0 saturated carbocycles. The molecule has 41 heavy (non-hydrogen) atoms. The minimum Gasteiger partial charge on any atom is -0.310 e. The zero-order valence-electron chi connectivity index (χ0n) is 23.3. The van der Waals surface area contributed by atoms with Crippen LogP contribution in [0.15, 0.2) is 115 Å². The molecule has 198 valence electrons. The van der Waals surface area contributed by atoms with Gasteiger partial charge in [0, 0.05) is 22.5 Å². The Morgan fingerprint density at radius 2 is 1.39 bits per heavy atom. The summed E-state index contributed by atoms with van der Waals surface area (Å²) in [7, 11) is 0. The third kappa shape index (κ3) is 3.53. The van der Waals surface area contributed by atoms with Gasteiger partial charge in [-0.3, -0.25) is 0 Å². The smallest absolute Gasteiger partial charge is 0.123 e. The molecule has 0 amide bonds. The van der Waals surface area contributed by atoms with Gasteiger partial charge >= 0.3 is 0 Å². The van der Waals surface area contributed by atoms with Crippen LogP contribution in [0.2, 0.25) is 0 Å². The summed E-state index contributed by atoms with van der Waals surface area (Å²) >= 11 is 0. The van der Waals surface area contributed by atoms with Crippen molar-refractivity contribution < 1.29 is 4.39 Å². The van der Waals surface area contributed by atoms with Gasteiger partial charge < -0.3 is 4.90 Å². The van der Waals surface area contributed by atoms with Gasteiger partial charge in [0.05, 0.1) is 0 Å². The van der Waals surface area contributed by atoms with E-state index < -0.39 is 0 Å². The van der Waals surface area contributed by atoms with Crippen LogP contribution in [0.4, 0.5) is 21.5 Å². The second kappa shape index (κ2) is 8.91. The van der Waals surface area contributed by atoms with Crippen molar-refractivity contribution >= 4 is 44.7 Å². The van der Waals surface area contributed by atoms with Crippen LogP contribution in [-0.4, -0.2) is 0 Å². The molecule has 0 bridgehead atoms. The number of allylic oxidation sites excluding steroid dienone is 1. The Hall–Kier alpha value is -4.69.